The Hall–Kier alpha value is -1.37. The number of carbonyl (C=O) groups is 1. The first kappa shape index (κ1) is 13.7. The van der Waals surface area contributed by atoms with Gasteiger partial charge >= 0.3 is 7.12 Å². The largest absolute Gasteiger partial charge is 0.488 e. The number of likely N-dealkylation sites (N-methyl/N-ethyl adjacent to an activating group) is 1. The van der Waals surface area contributed by atoms with E-state index in [1.54, 1.807) is 37.2 Å². The van der Waals surface area contributed by atoms with Gasteiger partial charge in [-0.15, -0.1) is 0 Å². The third-order valence-electron chi connectivity index (χ3n) is 2.14. The van der Waals surface area contributed by atoms with Gasteiger partial charge in [-0.05, 0) is 44.2 Å². The van der Waals surface area contributed by atoms with Crippen molar-refractivity contribution in [2.24, 2.45) is 0 Å². The fraction of sp³-hybridized carbons (Fsp3) is 0.364. The number of benzene rings is 1. The third-order valence-corrected chi connectivity index (χ3v) is 2.14. The van der Waals surface area contributed by atoms with Crippen molar-refractivity contribution in [3.8, 4) is 0 Å². The Morgan fingerprint density at radius 1 is 1.35 bits per heavy atom. The van der Waals surface area contributed by atoms with Gasteiger partial charge in [0.15, 0.2) is 0 Å². The maximum Gasteiger partial charge on any atom is 0.488 e. The highest BCUT2D eigenvalue weighted by Crippen LogP contribution is 2.08. The molecule has 1 aromatic carbocycles. The van der Waals surface area contributed by atoms with Crippen molar-refractivity contribution in [2.75, 3.05) is 26.0 Å². The Labute approximate surface area is 101 Å². The van der Waals surface area contributed by atoms with Crippen molar-refractivity contribution >= 4 is 24.2 Å². The highest BCUT2D eigenvalue weighted by molar-refractivity contribution is 6.58. The van der Waals surface area contributed by atoms with Gasteiger partial charge in [0.25, 0.3) is 0 Å². The molecule has 0 saturated carbocycles. The van der Waals surface area contributed by atoms with Gasteiger partial charge in [-0.1, -0.05) is 6.07 Å². The molecule has 3 N–H and O–H groups in total. The van der Waals surface area contributed by atoms with Crippen LogP contribution < -0.4 is 10.8 Å². The first-order chi connectivity index (χ1) is 7.88. The predicted octanol–water partition coefficient (Wildman–Crippen LogP) is -0.825. The fourth-order valence-electron chi connectivity index (χ4n) is 1.52. The van der Waals surface area contributed by atoms with E-state index in [9.17, 15) is 4.79 Å². The Kier molecular flexibility index (Phi) is 4.68. The second kappa shape index (κ2) is 5.81. The van der Waals surface area contributed by atoms with Gasteiger partial charge in [0, 0.05) is 5.69 Å². The van der Waals surface area contributed by atoms with Gasteiger partial charge < -0.3 is 20.3 Å². The van der Waals surface area contributed by atoms with E-state index >= 15 is 0 Å². The molecule has 0 atom stereocenters. The number of anilines is 1. The summed E-state index contributed by atoms with van der Waals surface area (Å²) in [6.07, 6.45) is 0. The molecule has 0 aromatic heterocycles. The minimum Gasteiger partial charge on any atom is -0.423 e. The highest BCUT2D eigenvalue weighted by atomic mass is 16.4. The van der Waals surface area contributed by atoms with Crippen molar-refractivity contribution in [1.29, 1.82) is 0 Å². The molecular weight excluding hydrogens is 219 g/mol. The van der Waals surface area contributed by atoms with Crippen LogP contribution in [0.25, 0.3) is 0 Å². The number of aryl methyl sites for hydroxylation is 1. The van der Waals surface area contributed by atoms with Crippen LogP contribution >= 0.6 is 0 Å². The van der Waals surface area contributed by atoms with Crippen molar-refractivity contribution < 1.29 is 14.8 Å². The van der Waals surface area contributed by atoms with Crippen LogP contribution in [-0.2, 0) is 4.79 Å². The smallest absolute Gasteiger partial charge is 0.423 e. The second-order valence-electron chi connectivity index (χ2n) is 4.29. The van der Waals surface area contributed by atoms with Crippen LogP contribution in [-0.4, -0.2) is 48.6 Å². The molecular formula is C11H17BN2O3. The maximum absolute atomic E-state index is 11.5. The molecule has 0 unspecified atom stereocenters. The molecule has 0 radical (unpaired) electrons. The van der Waals surface area contributed by atoms with Gasteiger partial charge in [-0.3, -0.25) is 4.79 Å². The normalized spacial score (nSPS) is 10.5. The van der Waals surface area contributed by atoms with E-state index in [1.807, 2.05) is 6.92 Å². The molecule has 0 aliphatic heterocycles. The number of carbonyl (C=O) groups excluding carboxylic acids is 1. The molecule has 0 fully saturated rings. The summed E-state index contributed by atoms with van der Waals surface area (Å²) < 4.78 is 0. The van der Waals surface area contributed by atoms with Crippen LogP contribution in [0.2, 0.25) is 0 Å². The van der Waals surface area contributed by atoms with Gasteiger partial charge in [0.2, 0.25) is 5.91 Å². The second-order valence-corrected chi connectivity index (χ2v) is 4.29. The van der Waals surface area contributed by atoms with E-state index in [4.69, 9.17) is 10.0 Å². The lowest BCUT2D eigenvalue weighted by Gasteiger charge is -2.11. The summed E-state index contributed by atoms with van der Waals surface area (Å²) in [6, 6.07) is 4.98. The predicted molar refractivity (Wildman–Crippen MR) is 68.2 cm³/mol. The standard InChI is InChI=1S/C11H17BN2O3/c1-8-4-9(12(16)17)6-10(5-8)13-11(15)7-14(2)3/h4-6,16-17H,7H2,1-3H3,(H,13,15). The van der Waals surface area contributed by atoms with Gasteiger partial charge in [0.05, 0.1) is 6.54 Å². The van der Waals surface area contributed by atoms with Crippen LogP contribution in [0.4, 0.5) is 5.69 Å². The lowest BCUT2D eigenvalue weighted by molar-refractivity contribution is -0.116. The first-order valence-electron chi connectivity index (χ1n) is 5.31. The summed E-state index contributed by atoms with van der Waals surface area (Å²) >= 11 is 0. The molecule has 5 nitrogen and oxygen atoms in total. The van der Waals surface area contributed by atoms with Crippen LogP contribution in [0.5, 0.6) is 0 Å². The van der Waals surface area contributed by atoms with E-state index in [-0.39, 0.29) is 12.5 Å². The van der Waals surface area contributed by atoms with Crippen molar-refractivity contribution in [3.05, 3.63) is 23.8 Å². The van der Waals surface area contributed by atoms with E-state index in [1.165, 1.54) is 0 Å². The summed E-state index contributed by atoms with van der Waals surface area (Å²) in [4.78, 5) is 13.3. The van der Waals surface area contributed by atoms with E-state index in [0.29, 0.717) is 11.2 Å². The Bertz CT molecular complexity index is 408. The maximum atomic E-state index is 11.5. The zero-order valence-corrected chi connectivity index (χ0v) is 10.3. The Morgan fingerprint density at radius 3 is 2.53 bits per heavy atom. The molecule has 92 valence electrons. The van der Waals surface area contributed by atoms with Crippen molar-refractivity contribution in [3.63, 3.8) is 0 Å². The van der Waals surface area contributed by atoms with Crippen molar-refractivity contribution in [1.82, 2.24) is 4.90 Å². The summed E-state index contributed by atoms with van der Waals surface area (Å²) in [6.45, 7) is 2.11. The molecule has 0 bridgehead atoms. The number of nitrogens with one attached hydrogen (secondary N) is 1. The number of amides is 1. The third kappa shape index (κ3) is 4.56. The van der Waals surface area contributed by atoms with Gasteiger partial charge in [0.1, 0.15) is 0 Å². The first-order valence-corrected chi connectivity index (χ1v) is 5.31. The van der Waals surface area contributed by atoms with Crippen LogP contribution in [0.15, 0.2) is 18.2 Å². The number of rotatable bonds is 4. The molecule has 0 saturated heterocycles. The molecule has 0 aliphatic rings. The van der Waals surface area contributed by atoms with Gasteiger partial charge in [-0.2, -0.15) is 0 Å². The molecule has 0 heterocycles. The summed E-state index contributed by atoms with van der Waals surface area (Å²) in [5.74, 6) is -0.140. The van der Waals surface area contributed by atoms with Crippen LogP contribution in [0, 0.1) is 6.92 Å². The number of hydrogen-bond donors (Lipinski definition) is 3. The summed E-state index contributed by atoms with van der Waals surface area (Å²) in [5, 5.41) is 20.9. The lowest BCUT2D eigenvalue weighted by Crippen LogP contribution is -2.31. The summed E-state index contributed by atoms with van der Waals surface area (Å²) in [7, 11) is 2.08. The lowest BCUT2D eigenvalue weighted by atomic mass is 9.79. The van der Waals surface area contributed by atoms with Crippen molar-refractivity contribution in [2.45, 2.75) is 6.92 Å². The Balaban J connectivity index is 2.80. The SMILES string of the molecule is Cc1cc(NC(=O)CN(C)C)cc(B(O)O)c1. The molecule has 0 spiro atoms. The van der Waals surface area contributed by atoms with Gasteiger partial charge in [-0.25, -0.2) is 0 Å². The fourth-order valence-corrected chi connectivity index (χ4v) is 1.52. The quantitative estimate of drug-likeness (QED) is 0.597. The molecule has 1 amide bonds. The molecule has 1 aromatic rings. The van der Waals surface area contributed by atoms with E-state index in [0.717, 1.165) is 5.56 Å². The zero-order valence-electron chi connectivity index (χ0n) is 10.3. The Morgan fingerprint density at radius 2 is 2.00 bits per heavy atom. The average molecular weight is 236 g/mol. The van der Waals surface area contributed by atoms with Crippen LogP contribution in [0.3, 0.4) is 0 Å². The monoisotopic (exact) mass is 236 g/mol. The highest BCUT2D eigenvalue weighted by Gasteiger charge is 2.13. The zero-order chi connectivity index (χ0) is 13.0. The molecule has 0 aliphatic carbocycles. The molecule has 6 heteroatoms. The topological polar surface area (TPSA) is 72.8 Å². The minimum absolute atomic E-state index is 0.140. The van der Waals surface area contributed by atoms with Crippen LogP contribution in [0.1, 0.15) is 5.56 Å². The number of nitrogens with zero attached hydrogens (tertiary/aromatic N) is 1. The molecule has 1 rings (SSSR count). The number of hydrogen-bond acceptors (Lipinski definition) is 4. The average Bonchev–Trinajstić information content (AvgIpc) is 2.14. The van der Waals surface area contributed by atoms with E-state index in [2.05, 4.69) is 5.32 Å². The minimum atomic E-state index is -1.53. The van der Waals surface area contributed by atoms with E-state index < -0.39 is 7.12 Å². The molecule has 17 heavy (non-hydrogen) atoms. The summed E-state index contributed by atoms with van der Waals surface area (Å²) in [5.41, 5.74) is 1.79.